The SMILES string of the molecule is CCCCC(CC)C(=O)NC(C)c1nnc(SCc2ccccc2)n1-c1ccc(C)cc1. The highest BCUT2D eigenvalue weighted by Crippen LogP contribution is 2.28. The zero-order chi connectivity index (χ0) is 22.9. The van der Waals surface area contributed by atoms with Gasteiger partial charge in [-0.3, -0.25) is 9.36 Å². The lowest BCUT2D eigenvalue weighted by Crippen LogP contribution is -2.33. The van der Waals surface area contributed by atoms with Crippen LogP contribution in [-0.4, -0.2) is 20.7 Å². The van der Waals surface area contributed by atoms with E-state index in [1.807, 2.05) is 25.1 Å². The Balaban J connectivity index is 1.85. The third kappa shape index (κ3) is 6.22. The molecule has 1 N–H and O–H groups in total. The van der Waals surface area contributed by atoms with Gasteiger partial charge in [-0.2, -0.15) is 0 Å². The van der Waals surface area contributed by atoms with Crippen LogP contribution >= 0.6 is 11.8 Å². The number of thioether (sulfide) groups is 1. The molecule has 0 radical (unpaired) electrons. The molecule has 0 aliphatic rings. The highest BCUT2D eigenvalue weighted by atomic mass is 32.2. The Kier molecular flexibility index (Phi) is 8.91. The van der Waals surface area contributed by atoms with Gasteiger partial charge in [0.05, 0.1) is 6.04 Å². The van der Waals surface area contributed by atoms with E-state index in [0.29, 0.717) is 0 Å². The summed E-state index contributed by atoms with van der Waals surface area (Å²) in [7, 11) is 0. The van der Waals surface area contributed by atoms with Gasteiger partial charge in [0.2, 0.25) is 5.91 Å². The van der Waals surface area contributed by atoms with Gasteiger partial charge in [-0.05, 0) is 44.4 Å². The van der Waals surface area contributed by atoms with E-state index < -0.39 is 0 Å². The second-order valence-electron chi connectivity index (χ2n) is 8.26. The van der Waals surface area contributed by atoms with E-state index in [1.54, 1.807) is 11.8 Å². The summed E-state index contributed by atoms with van der Waals surface area (Å²) < 4.78 is 2.07. The molecule has 2 aromatic carbocycles. The first-order chi connectivity index (χ1) is 15.5. The van der Waals surface area contributed by atoms with E-state index in [2.05, 4.69) is 77.3 Å². The monoisotopic (exact) mass is 450 g/mol. The lowest BCUT2D eigenvalue weighted by atomic mass is 9.98. The topological polar surface area (TPSA) is 59.8 Å². The number of carbonyl (C=O) groups is 1. The van der Waals surface area contributed by atoms with Gasteiger partial charge in [0.25, 0.3) is 0 Å². The van der Waals surface area contributed by atoms with Crippen LogP contribution < -0.4 is 5.32 Å². The molecule has 2 atom stereocenters. The molecule has 0 aliphatic carbocycles. The van der Waals surface area contributed by atoms with E-state index in [-0.39, 0.29) is 17.9 Å². The molecule has 0 bridgehead atoms. The number of amides is 1. The maximum atomic E-state index is 12.9. The van der Waals surface area contributed by atoms with Crippen molar-refractivity contribution in [2.75, 3.05) is 0 Å². The number of nitrogens with one attached hydrogen (secondary N) is 1. The summed E-state index contributed by atoms with van der Waals surface area (Å²) in [6.45, 7) is 8.31. The van der Waals surface area contributed by atoms with E-state index in [0.717, 1.165) is 48.1 Å². The van der Waals surface area contributed by atoms with Crippen molar-refractivity contribution in [2.45, 2.75) is 70.3 Å². The van der Waals surface area contributed by atoms with Gasteiger partial charge in [0.15, 0.2) is 11.0 Å². The number of hydrogen-bond acceptors (Lipinski definition) is 4. The van der Waals surface area contributed by atoms with Crippen molar-refractivity contribution in [3.05, 3.63) is 71.5 Å². The molecule has 170 valence electrons. The summed E-state index contributed by atoms with van der Waals surface area (Å²) in [5, 5.41) is 13.0. The molecule has 2 unspecified atom stereocenters. The van der Waals surface area contributed by atoms with Crippen LogP contribution in [0.2, 0.25) is 0 Å². The summed E-state index contributed by atoms with van der Waals surface area (Å²) in [4.78, 5) is 12.9. The number of hydrogen-bond donors (Lipinski definition) is 1. The third-order valence-corrected chi connectivity index (χ3v) is 6.68. The zero-order valence-electron chi connectivity index (χ0n) is 19.5. The Morgan fingerprint density at radius 3 is 2.44 bits per heavy atom. The number of rotatable bonds is 11. The van der Waals surface area contributed by atoms with Crippen molar-refractivity contribution in [2.24, 2.45) is 5.92 Å². The highest BCUT2D eigenvalue weighted by molar-refractivity contribution is 7.98. The number of nitrogens with zero attached hydrogens (tertiary/aromatic N) is 3. The average Bonchev–Trinajstić information content (AvgIpc) is 3.23. The van der Waals surface area contributed by atoms with E-state index >= 15 is 0 Å². The van der Waals surface area contributed by atoms with Crippen molar-refractivity contribution >= 4 is 17.7 Å². The standard InChI is InChI=1S/C26H34N4OS/c1-5-7-13-22(6-2)25(31)27-20(4)24-28-29-26(32-18-21-11-9-8-10-12-21)30(24)23-16-14-19(3)15-17-23/h8-12,14-17,20,22H,5-7,13,18H2,1-4H3,(H,27,31). The molecule has 0 saturated heterocycles. The van der Waals surface area contributed by atoms with Crippen LogP contribution in [-0.2, 0) is 10.5 Å². The van der Waals surface area contributed by atoms with Crippen molar-refractivity contribution in [1.82, 2.24) is 20.1 Å². The van der Waals surface area contributed by atoms with Gasteiger partial charge in [-0.1, -0.05) is 86.5 Å². The third-order valence-electron chi connectivity index (χ3n) is 5.68. The minimum Gasteiger partial charge on any atom is -0.346 e. The molecule has 1 heterocycles. The number of carbonyl (C=O) groups excluding carboxylic acids is 1. The van der Waals surface area contributed by atoms with Crippen molar-refractivity contribution in [3.63, 3.8) is 0 Å². The molecule has 0 spiro atoms. The average molecular weight is 451 g/mol. The van der Waals surface area contributed by atoms with Gasteiger partial charge in [0, 0.05) is 17.4 Å². The first-order valence-electron chi connectivity index (χ1n) is 11.5. The van der Waals surface area contributed by atoms with E-state index in [1.165, 1.54) is 11.1 Å². The van der Waals surface area contributed by atoms with Crippen LogP contribution in [0.25, 0.3) is 5.69 Å². The van der Waals surface area contributed by atoms with Crippen LogP contribution in [0.15, 0.2) is 59.8 Å². The summed E-state index contributed by atoms with van der Waals surface area (Å²) in [5.41, 5.74) is 3.44. The molecule has 3 aromatic rings. The lowest BCUT2D eigenvalue weighted by molar-refractivity contribution is -0.126. The molecule has 0 aliphatic heterocycles. The highest BCUT2D eigenvalue weighted by Gasteiger charge is 2.24. The predicted molar refractivity (Wildman–Crippen MR) is 132 cm³/mol. The molecule has 3 rings (SSSR count). The maximum absolute atomic E-state index is 12.9. The minimum atomic E-state index is -0.238. The molecule has 1 amide bonds. The summed E-state index contributed by atoms with van der Waals surface area (Å²) in [5.74, 6) is 1.70. The van der Waals surface area contributed by atoms with Crippen molar-refractivity contribution in [1.29, 1.82) is 0 Å². The molecule has 0 fully saturated rings. The number of aromatic nitrogens is 3. The molecular formula is C26H34N4OS. The quantitative estimate of drug-likeness (QED) is 0.350. The van der Waals surface area contributed by atoms with Gasteiger partial charge in [0.1, 0.15) is 0 Å². The van der Waals surface area contributed by atoms with Gasteiger partial charge in [-0.25, -0.2) is 0 Å². The minimum absolute atomic E-state index is 0.0417. The Bertz CT molecular complexity index is 985. The fraction of sp³-hybridized carbons (Fsp3) is 0.423. The van der Waals surface area contributed by atoms with Crippen LogP contribution in [0.1, 0.15) is 69.4 Å². The molecule has 1 aromatic heterocycles. The lowest BCUT2D eigenvalue weighted by Gasteiger charge is -2.20. The van der Waals surface area contributed by atoms with Crippen LogP contribution in [0.5, 0.6) is 0 Å². The van der Waals surface area contributed by atoms with Gasteiger partial charge < -0.3 is 5.32 Å². The predicted octanol–water partition coefficient (Wildman–Crippen LogP) is 6.26. The Morgan fingerprint density at radius 1 is 1.06 bits per heavy atom. The first kappa shape index (κ1) is 24.1. The van der Waals surface area contributed by atoms with Crippen molar-refractivity contribution in [3.8, 4) is 5.69 Å². The Morgan fingerprint density at radius 2 is 1.78 bits per heavy atom. The largest absolute Gasteiger partial charge is 0.346 e. The number of unbranched alkanes of at least 4 members (excludes halogenated alkanes) is 1. The van der Waals surface area contributed by atoms with E-state index in [9.17, 15) is 4.79 Å². The summed E-state index contributed by atoms with van der Waals surface area (Å²) in [6, 6.07) is 18.5. The fourth-order valence-electron chi connectivity index (χ4n) is 3.68. The molecule has 5 nitrogen and oxygen atoms in total. The summed E-state index contributed by atoms with van der Waals surface area (Å²) >= 11 is 1.65. The smallest absolute Gasteiger partial charge is 0.223 e. The van der Waals surface area contributed by atoms with Crippen LogP contribution in [0.4, 0.5) is 0 Å². The molecule has 32 heavy (non-hydrogen) atoms. The molecule has 0 saturated carbocycles. The Hall–Kier alpha value is -2.60. The van der Waals surface area contributed by atoms with E-state index in [4.69, 9.17) is 0 Å². The van der Waals surface area contributed by atoms with Crippen LogP contribution in [0, 0.1) is 12.8 Å². The maximum Gasteiger partial charge on any atom is 0.223 e. The van der Waals surface area contributed by atoms with Crippen molar-refractivity contribution < 1.29 is 4.79 Å². The normalized spacial score (nSPS) is 13.0. The molecule has 6 heteroatoms. The first-order valence-corrected chi connectivity index (χ1v) is 12.5. The number of aryl methyl sites for hydroxylation is 1. The Labute approximate surface area is 196 Å². The summed E-state index contributed by atoms with van der Waals surface area (Å²) in [6.07, 6.45) is 3.94. The second-order valence-corrected chi connectivity index (χ2v) is 9.21. The second kappa shape index (κ2) is 11.9. The van der Waals surface area contributed by atoms with Crippen LogP contribution in [0.3, 0.4) is 0 Å². The van der Waals surface area contributed by atoms with Gasteiger partial charge in [-0.15, -0.1) is 10.2 Å². The number of benzene rings is 2. The fourth-order valence-corrected chi connectivity index (χ4v) is 4.60. The zero-order valence-corrected chi connectivity index (χ0v) is 20.4. The van der Waals surface area contributed by atoms with Gasteiger partial charge >= 0.3 is 0 Å². The molecular weight excluding hydrogens is 416 g/mol.